The van der Waals surface area contributed by atoms with Gasteiger partial charge in [0.15, 0.2) is 29.8 Å². The average molecular weight is 728 g/mol. The molecular formula is C22H22Cl2FN7O12P2. The number of nitrogen functional groups attached to an aromatic ring is 1. The normalized spacial score (nSPS) is 37.2. The summed E-state index contributed by atoms with van der Waals surface area (Å²) in [4.78, 5) is 47.6. The van der Waals surface area contributed by atoms with Crippen LogP contribution >= 0.6 is 38.8 Å². The van der Waals surface area contributed by atoms with E-state index in [1.807, 2.05) is 0 Å². The number of rotatable bonds is 2. The molecular weight excluding hydrogens is 706 g/mol. The van der Waals surface area contributed by atoms with Crippen molar-refractivity contribution in [1.29, 1.82) is 0 Å². The minimum atomic E-state index is -5.14. The molecule has 248 valence electrons. The van der Waals surface area contributed by atoms with Crippen LogP contribution in [0.3, 0.4) is 0 Å². The van der Waals surface area contributed by atoms with Gasteiger partial charge in [0.2, 0.25) is 5.95 Å². The van der Waals surface area contributed by atoms with Gasteiger partial charge < -0.3 is 34.7 Å². The number of nitrogens with zero attached hydrogens (tertiary/aromatic N) is 5. The van der Waals surface area contributed by atoms with E-state index in [0.717, 1.165) is 10.9 Å². The molecule has 0 aliphatic carbocycles. The fourth-order valence-electron chi connectivity index (χ4n) is 5.45. The highest BCUT2D eigenvalue weighted by molar-refractivity contribution is 7.47. The van der Waals surface area contributed by atoms with Crippen LogP contribution in [0.4, 0.5) is 10.3 Å². The van der Waals surface area contributed by atoms with Crippen molar-refractivity contribution in [2.75, 3.05) is 18.9 Å². The Balaban J connectivity index is 1.17. The summed E-state index contributed by atoms with van der Waals surface area (Å²) < 4.78 is 76.5. The fraction of sp³-hybridized carbons (Fsp3) is 0.455. The summed E-state index contributed by atoms with van der Waals surface area (Å²) in [6.45, 7) is -1.76. The lowest BCUT2D eigenvalue weighted by atomic mass is 10.1. The Hall–Kier alpha value is -2.55. The molecule has 0 amide bonds. The maximum atomic E-state index is 15.9. The average Bonchev–Trinajstić information content (AvgIpc) is 3.72. The Morgan fingerprint density at radius 1 is 0.957 bits per heavy atom. The van der Waals surface area contributed by atoms with Gasteiger partial charge in [0.05, 0.1) is 46.9 Å². The van der Waals surface area contributed by atoms with Crippen molar-refractivity contribution < 1.29 is 56.0 Å². The quantitative estimate of drug-likeness (QED) is 0.184. The molecule has 3 aliphatic rings. The van der Waals surface area contributed by atoms with E-state index in [1.54, 1.807) is 0 Å². The van der Waals surface area contributed by atoms with E-state index in [1.165, 1.54) is 23.0 Å². The van der Waals surface area contributed by atoms with E-state index in [-0.39, 0.29) is 27.2 Å². The number of phosphoric acid groups is 2. The zero-order chi connectivity index (χ0) is 32.7. The summed E-state index contributed by atoms with van der Waals surface area (Å²) in [6.07, 6.45) is -11.3. The predicted octanol–water partition coefficient (Wildman–Crippen LogP) is 1.57. The number of hydrogen-bond acceptors (Lipinski definition) is 14. The van der Waals surface area contributed by atoms with E-state index < -0.39 is 83.6 Å². The highest BCUT2D eigenvalue weighted by atomic mass is 35.5. The number of benzene rings is 1. The Labute approximate surface area is 265 Å². The number of imidazole rings is 2. The maximum absolute atomic E-state index is 15.9. The van der Waals surface area contributed by atoms with Gasteiger partial charge in [-0.1, -0.05) is 23.2 Å². The lowest BCUT2D eigenvalue weighted by Crippen LogP contribution is -2.38. The molecule has 3 fully saturated rings. The van der Waals surface area contributed by atoms with Crippen molar-refractivity contribution in [2.45, 2.75) is 49.1 Å². The number of alkyl halides is 1. The molecule has 3 aliphatic heterocycles. The summed E-state index contributed by atoms with van der Waals surface area (Å²) >= 11 is 12.2. The third-order valence-corrected chi connectivity index (χ3v) is 10.2. The molecule has 3 saturated heterocycles. The summed E-state index contributed by atoms with van der Waals surface area (Å²) in [5, 5.41) is 11.6. The van der Waals surface area contributed by atoms with Crippen molar-refractivity contribution in [1.82, 2.24) is 29.1 Å². The molecule has 0 bridgehead atoms. The van der Waals surface area contributed by atoms with Crippen LogP contribution in [0.15, 0.2) is 29.6 Å². The smallest absolute Gasteiger partial charge is 0.386 e. The lowest BCUT2D eigenvalue weighted by molar-refractivity contribution is -0.0662. The first-order chi connectivity index (χ1) is 21.7. The lowest BCUT2D eigenvalue weighted by Gasteiger charge is -2.27. The standard InChI is InChI=1S/C22H22Cl2FN7O12P2/c23-7-1-9-10(2-8(7)24)31(5-27-9)21-15(33)17-12(42-21)4-40-45(35,36)43-16-11(3-39-46(37,38)44-17)41-20(13(16)25)32-6-28-14-18(32)29-22(26)30-19(14)34/h1-2,5-6,11-13,15-17,20-21,33H,3-4H2,(H,35,36)(H,37,38)(H3,26,29,30,34)/t11-,12-,13?,15?,16?,17?,20-,21-/m1/s1. The van der Waals surface area contributed by atoms with E-state index in [0.29, 0.717) is 11.0 Å². The monoisotopic (exact) mass is 727 g/mol. The molecule has 7 rings (SSSR count). The first-order valence-electron chi connectivity index (χ1n) is 13.2. The number of aromatic amines is 1. The highest BCUT2D eigenvalue weighted by Crippen LogP contribution is 2.54. The summed E-state index contributed by atoms with van der Waals surface area (Å²) in [7, 11) is -10.2. The van der Waals surface area contributed by atoms with Gasteiger partial charge in [0.25, 0.3) is 5.56 Å². The Morgan fingerprint density at radius 2 is 1.57 bits per heavy atom. The third-order valence-electron chi connectivity index (χ3n) is 7.51. The molecule has 6 N–H and O–H groups in total. The largest absolute Gasteiger partial charge is 0.472 e. The van der Waals surface area contributed by atoms with Crippen molar-refractivity contribution in [3.8, 4) is 0 Å². The van der Waals surface area contributed by atoms with Gasteiger partial charge in [-0.3, -0.25) is 32.4 Å². The van der Waals surface area contributed by atoms with Crippen LogP contribution in [0.25, 0.3) is 22.2 Å². The van der Waals surface area contributed by atoms with Crippen molar-refractivity contribution in [3.63, 3.8) is 0 Å². The number of hydrogen-bond donors (Lipinski definition) is 5. The number of fused-ring (bicyclic) bond motifs is 4. The molecule has 0 radical (unpaired) electrons. The number of nitrogens with two attached hydrogens (primary N) is 1. The van der Waals surface area contributed by atoms with Crippen LogP contribution in [-0.2, 0) is 36.7 Å². The number of aliphatic hydroxyl groups excluding tert-OH is 1. The van der Waals surface area contributed by atoms with Crippen molar-refractivity contribution >= 4 is 67.0 Å². The molecule has 3 aromatic heterocycles. The second kappa shape index (κ2) is 11.6. The number of anilines is 1. The first kappa shape index (κ1) is 32.0. The van der Waals surface area contributed by atoms with Crippen LogP contribution < -0.4 is 11.3 Å². The summed E-state index contributed by atoms with van der Waals surface area (Å²) in [5.74, 6) is -0.308. The van der Waals surface area contributed by atoms with E-state index >= 15 is 4.39 Å². The molecule has 19 nitrogen and oxygen atoms in total. The molecule has 4 aromatic rings. The number of H-pyrrole nitrogens is 1. The molecule has 0 saturated carbocycles. The van der Waals surface area contributed by atoms with Crippen LogP contribution in [0, 0.1) is 0 Å². The van der Waals surface area contributed by atoms with Gasteiger partial charge in [-0.15, -0.1) is 0 Å². The maximum Gasteiger partial charge on any atom is 0.472 e. The molecule has 1 aromatic carbocycles. The fourth-order valence-corrected chi connectivity index (χ4v) is 7.69. The molecule has 24 heteroatoms. The van der Waals surface area contributed by atoms with Crippen LogP contribution in [0.2, 0.25) is 10.0 Å². The topological polar surface area (TPSA) is 258 Å². The van der Waals surface area contributed by atoms with Gasteiger partial charge in [-0.25, -0.2) is 23.5 Å². The summed E-state index contributed by atoms with van der Waals surface area (Å²) in [6, 6.07) is 2.92. The second-order valence-corrected chi connectivity index (χ2v) is 14.0. The minimum absolute atomic E-state index is 0.164. The van der Waals surface area contributed by atoms with E-state index in [4.69, 9.17) is 56.5 Å². The number of phosphoric ester groups is 2. The Bertz CT molecular complexity index is 2000. The van der Waals surface area contributed by atoms with Gasteiger partial charge in [0, 0.05) is 0 Å². The van der Waals surface area contributed by atoms with E-state index in [9.17, 15) is 28.8 Å². The van der Waals surface area contributed by atoms with Crippen LogP contribution in [0.5, 0.6) is 0 Å². The highest BCUT2D eigenvalue weighted by Gasteiger charge is 2.54. The first-order valence-corrected chi connectivity index (χ1v) is 16.9. The summed E-state index contributed by atoms with van der Waals surface area (Å²) in [5.41, 5.74) is 5.22. The van der Waals surface area contributed by atoms with Crippen molar-refractivity contribution in [2.24, 2.45) is 0 Å². The number of ether oxygens (including phenoxy) is 2. The van der Waals surface area contributed by atoms with Crippen LogP contribution in [0.1, 0.15) is 12.5 Å². The molecule has 6 heterocycles. The van der Waals surface area contributed by atoms with Gasteiger partial charge >= 0.3 is 15.6 Å². The number of halogens is 3. The second-order valence-electron chi connectivity index (χ2n) is 10.4. The van der Waals surface area contributed by atoms with Gasteiger partial charge in [-0.05, 0) is 12.1 Å². The molecule has 6 unspecified atom stereocenters. The number of aliphatic hydroxyl groups is 1. The molecule has 10 atom stereocenters. The predicted molar refractivity (Wildman–Crippen MR) is 152 cm³/mol. The van der Waals surface area contributed by atoms with Crippen molar-refractivity contribution in [3.05, 3.63) is 45.2 Å². The Kier molecular flexibility index (Phi) is 8.04. The zero-order valence-corrected chi connectivity index (χ0v) is 26.0. The van der Waals surface area contributed by atoms with Gasteiger partial charge in [-0.2, -0.15) is 4.98 Å². The molecule has 0 spiro atoms. The zero-order valence-electron chi connectivity index (χ0n) is 22.7. The van der Waals surface area contributed by atoms with E-state index in [2.05, 4.69) is 19.9 Å². The minimum Gasteiger partial charge on any atom is -0.386 e. The number of aromatic nitrogens is 6. The van der Waals surface area contributed by atoms with Crippen LogP contribution in [-0.4, -0.2) is 93.9 Å². The molecule has 46 heavy (non-hydrogen) atoms. The number of nitrogens with one attached hydrogen (secondary N) is 1. The van der Waals surface area contributed by atoms with Gasteiger partial charge in [0.1, 0.15) is 30.5 Å². The third kappa shape index (κ3) is 5.66. The SMILES string of the molecule is Nc1nc2c(ncn2[C@@H]2O[C@@H]3COP(=O)(O)OC4C(O)[C@H](n5cnc6cc(Cl)c(Cl)cc65)O[C@@H]4COP(=O)(O)OC3C2F)c(=O)[nH]1. The Morgan fingerprint density at radius 3 is 2.28 bits per heavy atom.